The van der Waals surface area contributed by atoms with Crippen molar-refractivity contribution in [2.75, 3.05) is 13.1 Å². The third kappa shape index (κ3) is 4.63. The van der Waals surface area contributed by atoms with Crippen molar-refractivity contribution in [1.29, 1.82) is 0 Å². The van der Waals surface area contributed by atoms with Crippen molar-refractivity contribution in [3.05, 3.63) is 28.0 Å². The van der Waals surface area contributed by atoms with Crippen molar-refractivity contribution in [2.24, 2.45) is 0 Å². The molecule has 0 spiro atoms. The van der Waals surface area contributed by atoms with Crippen LogP contribution in [0.5, 0.6) is 0 Å². The third-order valence-electron chi connectivity index (χ3n) is 2.38. The normalized spacial score (nSPS) is 12.1. The van der Waals surface area contributed by atoms with Crippen LogP contribution >= 0.6 is 11.3 Å². The molecule has 0 aliphatic carbocycles. The number of allylic oxidation sites excluding steroid dienone is 1. The Kier molecular flexibility index (Phi) is 5.66. The van der Waals surface area contributed by atoms with Crippen LogP contribution in [0.15, 0.2) is 17.5 Å². The highest BCUT2D eigenvalue weighted by Gasteiger charge is 1.97. The second kappa shape index (κ2) is 6.81. The highest BCUT2D eigenvalue weighted by Crippen LogP contribution is 2.20. The molecule has 0 aliphatic rings. The van der Waals surface area contributed by atoms with E-state index in [-0.39, 0.29) is 0 Å². The summed E-state index contributed by atoms with van der Waals surface area (Å²) in [4.78, 5) is 1.39. The van der Waals surface area contributed by atoms with E-state index >= 15 is 0 Å². The molecule has 0 unspecified atom stereocenters. The van der Waals surface area contributed by atoms with Crippen LogP contribution < -0.4 is 5.32 Å². The fraction of sp³-hybridized carbons (Fsp3) is 0.538. The molecule has 0 aromatic carbocycles. The van der Waals surface area contributed by atoms with Crippen LogP contribution in [0, 0.1) is 6.92 Å². The maximum atomic E-state index is 3.41. The molecule has 1 heterocycles. The molecule has 1 aromatic rings. The lowest BCUT2D eigenvalue weighted by atomic mass is 10.1. The molecular weight excluding hydrogens is 202 g/mol. The summed E-state index contributed by atoms with van der Waals surface area (Å²) in [5, 5.41) is 5.64. The van der Waals surface area contributed by atoms with Gasteiger partial charge in [-0.15, -0.1) is 11.3 Å². The minimum absolute atomic E-state index is 1.09. The van der Waals surface area contributed by atoms with E-state index in [9.17, 15) is 0 Å². The molecule has 0 bridgehead atoms. The fourth-order valence-corrected chi connectivity index (χ4v) is 2.22. The fourth-order valence-electron chi connectivity index (χ4n) is 1.46. The van der Waals surface area contributed by atoms with E-state index in [2.05, 4.69) is 43.6 Å². The van der Waals surface area contributed by atoms with Crippen molar-refractivity contribution in [2.45, 2.75) is 33.6 Å². The molecule has 0 aliphatic heterocycles. The Morgan fingerprint density at radius 3 is 2.87 bits per heavy atom. The molecule has 2 heteroatoms. The summed E-state index contributed by atoms with van der Waals surface area (Å²) in [6.45, 7) is 8.77. The molecular formula is C13H21NS. The van der Waals surface area contributed by atoms with Gasteiger partial charge in [0.15, 0.2) is 0 Å². The number of aryl methyl sites for hydroxylation is 1. The molecule has 15 heavy (non-hydrogen) atoms. The zero-order valence-corrected chi connectivity index (χ0v) is 10.8. The average molecular weight is 223 g/mol. The van der Waals surface area contributed by atoms with Crippen LogP contribution in [0.2, 0.25) is 0 Å². The van der Waals surface area contributed by atoms with Gasteiger partial charge >= 0.3 is 0 Å². The van der Waals surface area contributed by atoms with Crippen molar-refractivity contribution in [3.8, 4) is 0 Å². The number of nitrogens with one attached hydrogen (secondary N) is 1. The van der Waals surface area contributed by atoms with Crippen LogP contribution in [0.3, 0.4) is 0 Å². The van der Waals surface area contributed by atoms with Gasteiger partial charge in [-0.25, -0.2) is 0 Å². The number of rotatable bonds is 6. The molecule has 0 radical (unpaired) electrons. The lowest BCUT2D eigenvalue weighted by molar-refractivity contribution is 0.678. The van der Waals surface area contributed by atoms with E-state index in [1.165, 1.54) is 22.4 Å². The van der Waals surface area contributed by atoms with Crippen molar-refractivity contribution >= 4 is 16.9 Å². The summed E-state index contributed by atoms with van der Waals surface area (Å²) in [5.41, 5.74) is 2.78. The first-order chi connectivity index (χ1) is 7.24. The first-order valence-electron chi connectivity index (χ1n) is 5.67. The Labute approximate surface area is 97.2 Å². The lowest BCUT2D eigenvalue weighted by Gasteiger charge is -2.00. The van der Waals surface area contributed by atoms with Gasteiger partial charge in [0.1, 0.15) is 0 Å². The highest BCUT2D eigenvalue weighted by atomic mass is 32.1. The van der Waals surface area contributed by atoms with Crippen LogP contribution in [0.4, 0.5) is 0 Å². The Morgan fingerprint density at radius 1 is 1.47 bits per heavy atom. The highest BCUT2D eigenvalue weighted by molar-refractivity contribution is 7.10. The van der Waals surface area contributed by atoms with E-state index < -0.39 is 0 Å². The monoisotopic (exact) mass is 223 g/mol. The van der Waals surface area contributed by atoms with Gasteiger partial charge < -0.3 is 5.32 Å². The predicted octanol–water partition coefficient (Wildman–Crippen LogP) is 3.85. The Morgan fingerprint density at radius 2 is 2.27 bits per heavy atom. The summed E-state index contributed by atoms with van der Waals surface area (Å²) in [6.07, 6.45) is 4.66. The zero-order chi connectivity index (χ0) is 11.1. The quantitative estimate of drug-likeness (QED) is 0.722. The van der Waals surface area contributed by atoms with E-state index in [4.69, 9.17) is 0 Å². The van der Waals surface area contributed by atoms with Gasteiger partial charge in [0.25, 0.3) is 0 Å². The molecule has 0 amide bonds. The first kappa shape index (κ1) is 12.5. The van der Waals surface area contributed by atoms with Crippen LogP contribution in [0.25, 0.3) is 5.57 Å². The van der Waals surface area contributed by atoms with Crippen molar-refractivity contribution < 1.29 is 0 Å². The summed E-state index contributed by atoms with van der Waals surface area (Å²) < 4.78 is 0. The van der Waals surface area contributed by atoms with Crippen LogP contribution in [0.1, 0.15) is 37.1 Å². The van der Waals surface area contributed by atoms with Gasteiger partial charge in [0.05, 0.1) is 0 Å². The van der Waals surface area contributed by atoms with Crippen LogP contribution in [-0.2, 0) is 0 Å². The van der Waals surface area contributed by atoms with Gasteiger partial charge in [0, 0.05) is 4.88 Å². The Bertz CT molecular complexity index is 312. The summed E-state index contributed by atoms with van der Waals surface area (Å²) in [5.74, 6) is 0. The second-order valence-corrected chi connectivity index (χ2v) is 4.99. The lowest BCUT2D eigenvalue weighted by Crippen LogP contribution is -2.15. The van der Waals surface area contributed by atoms with Gasteiger partial charge in [-0.2, -0.15) is 0 Å². The van der Waals surface area contributed by atoms with E-state index in [0.717, 1.165) is 19.5 Å². The average Bonchev–Trinajstić information content (AvgIpc) is 2.64. The standard InChI is InChI=1S/C13H21NS/c1-4-7-14-8-5-6-11(2)13-9-12(3)15-10-13/h6,9-10,14H,4-5,7-8H2,1-3H3. The molecule has 0 fully saturated rings. The van der Waals surface area contributed by atoms with E-state index in [1.54, 1.807) is 0 Å². The summed E-state index contributed by atoms with van der Waals surface area (Å²) in [7, 11) is 0. The summed E-state index contributed by atoms with van der Waals surface area (Å²) in [6, 6.07) is 2.26. The first-order valence-corrected chi connectivity index (χ1v) is 6.55. The minimum Gasteiger partial charge on any atom is -0.316 e. The second-order valence-electron chi connectivity index (χ2n) is 3.87. The van der Waals surface area contributed by atoms with Crippen LogP contribution in [-0.4, -0.2) is 13.1 Å². The molecule has 1 N–H and O–H groups in total. The number of hydrogen-bond acceptors (Lipinski definition) is 2. The number of hydrogen-bond donors (Lipinski definition) is 1. The largest absolute Gasteiger partial charge is 0.316 e. The van der Waals surface area contributed by atoms with Gasteiger partial charge in [-0.05, 0) is 62.4 Å². The Hall–Kier alpha value is -0.600. The Balaban J connectivity index is 2.33. The molecule has 0 saturated heterocycles. The van der Waals surface area contributed by atoms with Gasteiger partial charge in [-0.3, -0.25) is 0 Å². The topological polar surface area (TPSA) is 12.0 Å². The third-order valence-corrected chi connectivity index (χ3v) is 3.25. The number of thiophene rings is 1. The minimum atomic E-state index is 1.09. The van der Waals surface area contributed by atoms with Gasteiger partial charge in [0.2, 0.25) is 0 Å². The zero-order valence-electron chi connectivity index (χ0n) is 9.97. The van der Waals surface area contributed by atoms with E-state index in [1.807, 2.05) is 11.3 Å². The smallest absolute Gasteiger partial charge is 0.00204 e. The molecule has 1 aromatic heterocycles. The van der Waals surface area contributed by atoms with E-state index in [0.29, 0.717) is 0 Å². The molecule has 1 nitrogen and oxygen atoms in total. The predicted molar refractivity (Wildman–Crippen MR) is 70.5 cm³/mol. The maximum absolute atomic E-state index is 3.41. The van der Waals surface area contributed by atoms with Gasteiger partial charge in [-0.1, -0.05) is 13.0 Å². The molecule has 84 valence electrons. The molecule has 0 atom stereocenters. The molecule has 1 rings (SSSR count). The SMILES string of the molecule is CCCNCCC=C(C)c1csc(C)c1. The molecule has 0 saturated carbocycles. The summed E-state index contributed by atoms with van der Waals surface area (Å²) >= 11 is 1.82. The van der Waals surface area contributed by atoms with Crippen molar-refractivity contribution in [1.82, 2.24) is 5.32 Å². The van der Waals surface area contributed by atoms with Crippen molar-refractivity contribution in [3.63, 3.8) is 0 Å². The maximum Gasteiger partial charge on any atom is 0.00204 e.